The topological polar surface area (TPSA) is 57.6 Å². The molecule has 24 heavy (non-hydrogen) atoms. The third kappa shape index (κ3) is 2.78. The van der Waals surface area contributed by atoms with Crippen molar-refractivity contribution >= 4 is 28.7 Å². The summed E-state index contributed by atoms with van der Waals surface area (Å²) < 4.78 is 0. The maximum absolute atomic E-state index is 12.9. The lowest BCUT2D eigenvalue weighted by Gasteiger charge is -2.22. The van der Waals surface area contributed by atoms with E-state index < -0.39 is 11.5 Å². The van der Waals surface area contributed by atoms with E-state index in [0.717, 1.165) is 17.7 Å². The normalized spacial score (nSPS) is 19.6. The van der Waals surface area contributed by atoms with Gasteiger partial charge in [0.2, 0.25) is 0 Å². The molecule has 2 heterocycles. The van der Waals surface area contributed by atoms with Gasteiger partial charge in [0.25, 0.3) is 5.91 Å². The Hall–Kier alpha value is -1.98. The molecule has 1 aliphatic rings. The molecule has 4 nitrogen and oxygen atoms in total. The highest BCUT2D eigenvalue weighted by Gasteiger charge is 2.50. The van der Waals surface area contributed by atoms with Crippen LogP contribution in [0.3, 0.4) is 0 Å². The molecule has 0 bridgehead atoms. The summed E-state index contributed by atoms with van der Waals surface area (Å²) in [4.78, 5) is 28.7. The lowest BCUT2D eigenvalue weighted by atomic mass is 9.89. The number of nitrogens with zero attached hydrogens (tertiary/aromatic N) is 1. The quantitative estimate of drug-likeness (QED) is 0.814. The number of anilines is 1. The minimum Gasteiger partial charge on any atom is -0.375 e. The van der Waals surface area contributed by atoms with Crippen LogP contribution in [0.15, 0.2) is 36.4 Å². The van der Waals surface area contributed by atoms with Crippen LogP contribution in [0.5, 0.6) is 0 Å². The molecule has 2 aromatic rings. The van der Waals surface area contributed by atoms with Gasteiger partial charge in [0.15, 0.2) is 11.4 Å². The van der Waals surface area contributed by atoms with E-state index in [1.165, 1.54) is 11.3 Å². The first-order chi connectivity index (χ1) is 11.5. The fraction of sp³-hybridized carbons (Fsp3) is 0.368. The molecule has 0 fully saturated rings. The summed E-state index contributed by atoms with van der Waals surface area (Å²) in [6.45, 7) is 4.54. The van der Waals surface area contributed by atoms with Crippen LogP contribution in [0.4, 0.5) is 5.69 Å². The Bertz CT molecular complexity index is 782. The number of rotatable bonds is 6. The fourth-order valence-electron chi connectivity index (χ4n) is 3.12. The number of aliphatic hydroxyl groups is 1. The highest BCUT2D eigenvalue weighted by molar-refractivity contribution is 7.14. The van der Waals surface area contributed by atoms with Crippen LogP contribution in [0, 0.1) is 6.92 Å². The number of unbranched alkanes of at least 4 members (excludes halogenated alkanes) is 1. The van der Waals surface area contributed by atoms with Crippen LogP contribution < -0.4 is 4.90 Å². The predicted molar refractivity (Wildman–Crippen MR) is 95.6 cm³/mol. The smallest absolute Gasteiger partial charge is 0.264 e. The van der Waals surface area contributed by atoms with E-state index in [4.69, 9.17) is 0 Å². The number of ketones is 1. The molecule has 0 saturated heterocycles. The van der Waals surface area contributed by atoms with Gasteiger partial charge < -0.3 is 10.0 Å². The maximum Gasteiger partial charge on any atom is 0.264 e. The molecular weight excluding hydrogens is 322 g/mol. The summed E-state index contributed by atoms with van der Waals surface area (Å²) in [6.07, 6.45) is 1.59. The number of carbonyl (C=O) groups excluding carboxylic acids is 2. The van der Waals surface area contributed by atoms with Crippen molar-refractivity contribution in [3.8, 4) is 0 Å². The van der Waals surface area contributed by atoms with Crippen molar-refractivity contribution in [3.05, 3.63) is 51.7 Å². The van der Waals surface area contributed by atoms with E-state index in [0.29, 0.717) is 22.7 Å². The third-order valence-corrected chi connectivity index (χ3v) is 5.45. The number of para-hydroxylation sites is 1. The van der Waals surface area contributed by atoms with Gasteiger partial charge in [-0.05, 0) is 31.5 Å². The zero-order valence-electron chi connectivity index (χ0n) is 13.9. The maximum atomic E-state index is 12.9. The monoisotopic (exact) mass is 343 g/mol. The van der Waals surface area contributed by atoms with Gasteiger partial charge in [-0.1, -0.05) is 31.5 Å². The van der Waals surface area contributed by atoms with Gasteiger partial charge in [-0.2, -0.15) is 0 Å². The highest BCUT2D eigenvalue weighted by Crippen LogP contribution is 2.43. The number of carbonyl (C=O) groups is 2. The van der Waals surface area contributed by atoms with Crippen molar-refractivity contribution in [2.24, 2.45) is 0 Å². The van der Waals surface area contributed by atoms with Crippen LogP contribution in [0.2, 0.25) is 0 Å². The van der Waals surface area contributed by atoms with Crippen molar-refractivity contribution in [1.82, 2.24) is 0 Å². The third-order valence-electron chi connectivity index (χ3n) is 4.41. The minimum atomic E-state index is -1.76. The molecule has 0 radical (unpaired) electrons. The van der Waals surface area contributed by atoms with Crippen molar-refractivity contribution < 1.29 is 14.7 Å². The predicted octanol–water partition coefficient (Wildman–Crippen LogP) is 3.66. The average molecular weight is 343 g/mol. The molecule has 1 N–H and O–H groups in total. The van der Waals surface area contributed by atoms with Crippen LogP contribution in [-0.4, -0.2) is 23.3 Å². The average Bonchev–Trinajstić information content (AvgIpc) is 3.09. The van der Waals surface area contributed by atoms with E-state index in [-0.39, 0.29) is 12.2 Å². The number of thiophene rings is 1. The largest absolute Gasteiger partial charge is 0.375 e. The Morgan fingerprint density at radius 3 is 2.67 bits per heavy atom. The highest BCUT2D eigenvalue weighted by atomic mass is 32.1. The Morgan fingerprint density at radius 2 is 2.00 bits per heavy atom. The molecule has 3 rings (SSSR count). The molecule has 1 aliphatic heterocycles. The Morgan fingerprint density at radius 1 is 1.25 bits per heavy atom. The van der Waals surface area contributed by atoms with Crippen LogP contribution >= 0.6 is 11.3 Å². The molecule has 1 aromatic heterocycles. The molecule has 1 atom stereocenters. The first-order valence-electron chi connectivity index (χ1n) is 8.21. The standard InChI is InChI=1S/C19H21NO3S/c1-3-4-11-20-15-8-6-5-7-14(15)19(23,18(20)22)12-16(21)17-10-9-13(2)24-17/h5-10,23H,3-4,11-12H2,1-2H3. The number of Topliss-reactive ketones (excluding diaryl/α,β-unsaturated/α-hetero) is 1. The number of benzene rings is 1. The van der Waals surface area contributed by atoms with Gasteiger partial charge in [-0.15, -0.1) is 11.3 Å². The van der Waals surface area contributed by atoms with E-state index in [2.05, 4.69) is 6.92 Å². The van der Waals surface area contributed by atoms with Crippen LogP contribution in [0.1, 0.15) is 46.3 Å². The number of hydrogen-bond donors (Lipinski definition) is 1. The summed E-state index contributed by atoms with van der Waals surface area (Å²) in [7, 11) is 0. The molecule has 1 aromatic carbocycles. The SMILES string of the molecule is CCCCN1C(=O)C(O)(CC(=O)c2ccc(C)s2)c2ccccc21. The van der Waals surface area contributed by atoms with Crippen LogP contribution in [0.25, 0.3) is 0 Å². The van der Waals surface area contributed by atoms with E-state index >= 15 is 0 Å². The van der Waals surface area contributed by atoms with E-state index in [1.54, 1.807) is 23.1 Å². The summed E-state index contributed by atoms with van der Waals surface area (Å²) in [5, 5.41) is 11.1. The summed E-state index contributed by atoms with van der Waals surface area (Å²) in [5.74, 6) is -0.588. The Labute approximate surface area is 145 Å². The second-order valence-corrected chi connectivity index (χ2v) is 7.49. The van der Waals surface area contributed by atoms with Gasteiger partial charge in [-0.25, -0.2) is 0 Å². The fourth-order valence-corrected chi connectivity index (χ4v) is 3.92. The van der Waals surface area contributed by atoms with Gasteiger partial charge in [0.1, 0.15) is 0 Å². The number of fused-ring (bicyclic) bond motifs is 1. The summed E-state index contributed by atoms with van der Waals surface area (Å²) >= 11 is 1.39. The second-order valence-electron chi connectivity index (χ2n) is 6.20. The van der Waals surface area contributed by atoms with Gasteiger partial charge >= 0.3 is 0 Å². The van der Waals surface area contributed by atoms with Crippen molar-refractivity contribution in [1.29, 1.82) is 0 Å². The molecular formula is C19H21NO3S. The van der Waals surface area contributed by atoms with Crippen LogP contribution in [-0.2, 0) is 10.4 Å². The van der Waals surface area contributed by atoms with Crippen molar-refractivity contribution in [3.63, 3.8) is 0 Å². The van der Waals surface area contributed by atoms with Gasteiger partial charge in [0.05, 0.1) is 17.0 Å². The molecule has 0 aliphatic carbocycles. The zero-order chi connectivity index (χ0) is 17.3. The lowest BCUT2D eigenvalue weighted by molar-refractivity contribution is -0.135. The molecule has 0 saturated carbocycles. The minimum absolute atomic E-state index is 0.198. The number of amides is 1. The van der Waals surface area contributed by atoms with E-state index in [9.17, 15) is 14.7 Å². The first-order valence-corrected chi connectivity index (χ1v) is 9.02. The number of aryl methyl sites for hydroxylation is 1. The lowest BCUT2D eigenvalue weighted by Crippen LogP contribution is -2.42. The number of hydrogen-bond acceptors (Lipinski definition) is 4. The van der Waals surface area contributed by atoms with E-state index in [1.807, 2.05) is 25.1 Å². The molecule has 0 spiro atoms. The molecule has 126 valence electrons. The summed E-state index contributed by atoms with van der Waals surface area (Å²) in [5.41, 5.74) is -0.513. The Kier molecular flexibility index (Phi) is 4.56. The summed E-state index contributed by atoms with van der Waals surface area (Å²) in [6, 6.07) is 10.8. The molecule has 5 heteroatoms. The van der Waals surface area contributed by atoms with Gasteiger partial charge in [-0.3, -0.25) is 9.59 Å². The molecule has 1 amide bonds. The molecule has 1 unspecified atom stereocenters. The Balaban J connectivity index is 1.93. The second kappa shape index (κ2) is 6.49. The zero-order valence-corrected chi connectivity index (χ0v) is 14.7. The van der Waals surface area contributed by atoms with Crippen molar-refractivity contribution in [2.75, 3.05) is 11.4 Å². The first kappa shape index (κ1) is 16.9. The van der Waals surface area contributed by atoms with Gasteiger partial charge in [0, 0.05) is 17.0 Å². The van der Waals surface area contributed by atoms with Crippen molar-refractivity contribution in [2.45, 2.75) is 38.7 Å².